The van der Waals surface area contributed by atoms with Crippen LogP contribution in [0.25, 0.3) is 0 Å². The lowest BCUT2D eigenvalue weighted by atomic mass is 10.00. The number of aryl methyl sites for hydroxylation is 1. The first-order valence-electron chi connectivity index (χ1n) is 7.78. The molecule has 1 rings (SSSR count). The molecule has 120 valence electrons. The van der Waals surface area contributed by atoms with E-state index >= 15 is 0 Å². The molecule has 0 aliphatic heterocycles. The first-order chi connectivity index (χ1) is 10.0. The second-order valence-corrected chi connectivity index (χ2v) is 5.63. The second kappa shape index (κ2) is 9.00. The number of pyridine rings is 1. The van der Waals surface area contributed by atoms with Crippen LogP contribution in [0.3, 0.4) is 0 Å². The molecule has 0 fully saturated rings. The lowest BCUT2D eigenvalue weighted by Crippen LogP contribution is -2.32. The van der Waals surface area contributed by atoms with Crippen molar-refractivity contribution >= 4 is 0 Å². The minimum absolute atomic E-state index is 0.299. The third-order valence-electron chi connectivity index (χ3n) is 4.01. The minimum atomic E-state index is 0.299. The highest BCUT2D eigenvalue weighted by atomic mass is 16.5. The Bertz CT molecular complexity index is 435. The third kappa shape index (κ3) is 5.29. The maximum Gasteiger partial charge on any atom is 0.128 e. The fourth-order valence-corrected chi connectivity index (χ4v) is 2.63. The topological polar surface area (TPSA) is 43.4 Å². The number of hydrogen-bond acceptors (Lipinski definition) is 4. The fraction of sp³-hybridized carbons (Fsp3) is 0.706. The first-order valence-corrected chi connectivity index (χ1v) is 7.78. The van der Waals surface area contributed by atoms with Crippen LogP contribution in [0.15, 0.2) is 6.20 Å². The molecule has 1 aromatic rings. The van der Waals surface area contributed by atoms with Crippen molar-refractivity contribution in [3.05, 3.63) is 23.0 Å². The molecular formula is C17H30N2O2. The van der Waals surface area contributed by atoms with Gasteiger partial charge in [-0.05, 0) is 40.2 Å². The zero-order valence-electron chi connectivity index (χ0n) is 14.3. The number of ether oxygens (including phenoxy) is 2. The molecule has 0 amide bonds. The molecule has 0 aliphatic rings. The van der Waals surface area contributed by atoms with Gasteiger partial charge in [0.25, 0.3) is 0 Å². The summed E-state index contributed by atoms with van der Waals surface area (Å²) in [5.41, 5.74) is 3.36. The van der Waals surface area contributed by atoms with Crippen molar-refractivity contribution in [2.45, 2.75) is 59.1 Å². The van der Waals surface area contributed by atoms with Gasteiger partial charge in [-0.25, -0.2) is 0 Å². The van der Waals surface area contributed by atoms with E-state index in [1.54, 1.807) is 14.2 Å². The number of nitrogens with zero attached hydrogens (tertiary/aromatic N) is 1. The van der Waals surface area contributed by atoms with Crippen molar-refractivity contribution in [1.82, 2.24) is 10.3 Å². The lowest BCUT2D eigenvalue weighted by Gasteiger charge is -2.21. The highest BCUT2D eigenvalue weighted by molar-refractivity contribution is 5.41. The van der Waals surface area contributed by atoms with Crippen molar-refractivity contribution in [2.75, 3.05) is 20.8 Å². The van der Waals surface area contributed by atoms with Crippen LogP contribution in [0, 0.1) is 13.8 Å². The number of nitrogens with one attached hydrogen (secondary N) is 1. The predicted molar refractivity (Wildman–Crippen MR) is 87.1 cm³/mol. The van der Waals surface area contributed by atoms with Crippen molar-refractivity contribution in [3.63, 3.8) is 0 Å². The summed E-state index contributed by atoms with van der Waals surface area (Å²) in [6, 6.07) is 0.422. The summed E-state index contributed by atoms with van der Waals surface area (Å²) in [6.07, 6.45) is 5.26. The zero-order chi connectivity index (χ0) is 15.8. The van der Waals surface area contributed by atoms with Gasteiger partial charge in [0.2, 0.25) is 0 Å². The van der Waals surface area contributed by atoms with Gasteiger partial charge in [0.15, 0.2) is 0 Å². The minimum Gasteiger partial charge on any atom is -0.496 e. The fourth-order valence-electron chi connectivity index (χ4n) is 2.63. The van der Waals surface area contributed by atoms with Crippen LogP contribution < -0.4 is 10.1 Å². The van der Waals surface area contributed by atoms with Crippen molar-refractivity contribution in [3.8, 4) is 5.75 Å². The van der Waals surface area contributed by atoms with Gasteiger partial charge in [-0.1, -0.05) is 6.92 Å². The van der Waals surface area contributed by atoms with E-state index in [0.29, 0.717) is 12.1 Å². The first kappa shape index (κ1) is 17.9. The molecule has 2 atom stereocenters. The number of likely N-dealkylation sites (N-methyl/N-ethyl adjacent to an activating group) is 1. The average Bonchev–Trinajstić information content (AvgIpc) is 2.47. The molecule has 2 unspecified atom stereocenters. The standard InChI is InChI=1S/C17H30N2O2/c1-7-18-15(9-8-13(3)20-5)10-16-14(4)17(21-6)12(2)11-19-16/h11,13,15,18H,7-10H2,1-6H3. The average molecular weight is 294 g/mol. The Morgan fingerprint density at radius 2 is 1.95 bits per heavy atom. The molecule has 1 aromatic heterocycles. The molecule has 21 heavy (non-hydrogen) atoms. The molecule has 0 saturated heterocycles. The van der Waals surface area contributed by atoms with E-state index in [1.807, 2.05) is 13.1 Å². The Labute approximate surface area is 129 Å². The number of aromatic nitrogens is 1. The number of methoxy groups -OCH3 is 2. The van der Waals surface area contributed by atoms with Crippen LogP contribution in [0.4, 0.5) is 0 Å². The Kier molecular flexibility index (Phi) is 7.68. The summed E-state index contributed by atoms with van der Waals surface area (Å²) in [4.78, 5) is 4.60. The van der Waals surface area contributed by atoms with Crippen molar-refractivity contribution in [2.24, 2.45) is 0 Å². The summed E-state index contributed by atoms with van der Waals surface area (Å²) < 4.78 is 10.8. The van der Waals surface area contributed by atoms with Gasteiger partial charge in [-0.3, -0.25) is 4.98 Å². The molecule has 0 saturated carbocycles. The smallest absolute Gasteiger partial charge is 0.128 e. The molecule has 0 aliphatic carbocycles. The largest absolute Gasteiger partial charge is 0.496 e. The molecule has 1 N–H and O–H groups in total. The van der Waals surface area contributed by atoms with Gasteiger partial charge >= 0.3 is 0 Å². The van der Waals surface area contributed by atoms with Crippen molar-refractivity contribution < 1.29 is 9.47 Å². The van der Waals surface area contributed by atoms with E-state index in [2.05, 4.69) is 31.1 Å². The summed E-state index contributed by atoms with van der Waals surface area (Å²) in [7, 11) is 3.49. The zero-order valence-corrected chi connectivity index (χ0v) is 14.3. The Balaban J connectivity index is 2.79. The van der Waals surface area contributed by atoms with Crippen LogP contribution >= 0.6 is 0 Å². The van der Waals surface area contributed by atoms with Gasteiger partial charge in [-0.15, -0.1) is 0 Å². The Hall–Kier alpha value is -1.13. The molecule has 0 spiro atoms. The predicted octanol–water partition coefficient (Wildman–Crippen LogP) is 3.04. The van der Waals surface area contributed by atoms with Gasteiger partial charge in [-0.2, -0.15) is 0 Å². The van der Waals surface area contributed by atoms with E-state index < -0.39 is 0 Å². The van der Waals surface area contributed by atoms with Gasteiger partial charge < -0.3 is 14.8 Å². The summed E-state index contributed by atoms with van der Waals surface area (Å²) >= 11 is 0. The molecule has 1 heterocycles. The number of rotatable bonds is 9. The third-order valence-corrected chi connectivity index (χ3v) is 4.01. The second-order valence-electron chi connectivity index (χ2n) is 5.63. The van der Waals surface area contributed by atoms with Crippen LogP contribution in [0.5, 0.6) is 5.75 Å². The quantitative estimate of drug-likeness (QED) is 0.760. The summed E-state index contributed by atoms with van der Waals surface area (Å²) in [5.74, 6) is 0.959. The van der Waals surface area contributed by atoms with Crippen LogP contribution in [0.2, 0.25) is 0 Å². The normalized spacial score (nSPS) is 14.0. The van der Waals surface area contributed by atoms with Crippen LogP contribution in [0.1, 0.15) is 43.5 Å². The summed E-state index contributed by atoms with van der Waals surface area (Å²) in [6.45, 7) is 9.35. The molecule has 0 radical (unpaired) electrons. The lowest BCUT2D eigenvalue weighted by molar-refractivity contribution is 0.106. The molecule has 0 aromatic carbocycles. The molecular weight excluding hydrogens is 264 g/mol. The van der Waals surface area contributed by atoms with E-state index in [1.165, 1.54) is 0 Å². The SMILES string of the molecule is CCNC(CCC(C)OC)Cc1ncc(C)c(OC)c1C. The summed E-state index contributed by atoms with van der Waals surface area (Å²) in [5, 5.41) is 3.55. The van der Waals surface area contributed by atoms with Crippen molar-refractivity contribution in [1.29, 1.82) is 0 Å². The maximum atomic E-state index is 5.49. The van der Waals surface area contributed by atoms with Gasteiger partial charge in [0.05, 0.1) is 13.2 Å². The monoisotopic (exact) mass is 294 g/mol. The van der Waals surface area contributed by atoms with Gasteiger partial charge in [0.1, 0.15) is 5.75 Å². The molecule has 4 heteroatoms. The molecule has 4 nitrogen and oxygen atoms in total. The Morgan fingerprint density at radius 1 is 1.24 bits per heavy atom. The van der Waals surface area contributed by atoms with E-state index in [-0.39, 0.29) is 0 Å². The maximum absolute atomic E-state index is 5.49. The van der Waals surface area contributed by atoms with Crippen LogP contribution in [-0.4, -0.2) is 37.9 Å². The highest BCUT2D eigenvalue weighted by Gasteiger charge is 2.15. The Morgan fingerprint density at radius 3 is 2.52 bits per heavy atom. The van der Waals surface area contributed by atoms with Gasteiger partial charge in [0, 0.05) is 42.6 Å². The van der Waals surface area contributed by atoms with E-state index in [0.717, 1.165) is 48.4 Å². The molecule has 0 bridgehead atoms. The van der Waals surface area contributed by atoms with Crippen LogP contribution in [-0.2, 0) is 11.2 Å². The van der Waals surface area contributed by atoms with E-state index in [9.17, 15) is 0 Å². The number of hydrogen-bond donors (Lipinski definition) is 1. The highest BCUT2D eigenvalue weighted by Crippen LogP contribution is 2.25. The van der Waals surface area contributed by atoms with E-state index in [4.69, 9.17) is 9.47 Å².